The van der Waals surface area contributed by atoms with Crippen molar-refractivity contribution in [2.75, 3.05) is 7.05 Å². The van der Waals surface area contributed by atoms with Gasteiger partial charge >= 0.3 is 6.18 Å². The van der Waals surface area contributed by atoms with E-state index in [1.54, 1.807) is 6.92 Å². The first-order valence-electron chi connectivity index (χ1n) is 8.57. The molecule has 0 atom stereocenters. The average Bonchev–Trinajstić information content (AvgIpc) is 3.12. The van der Waals surface area contributed by atoms with E-state index in [-0.39, 0.29) is 21.1 Å². The van der Waals surface area contributed by atoms with Crippen LogP contribution in [-0.2, 0) is 16.2 Å². The van der Waals surface area contributed by atoms with E-state index in [9.17, 15) is 26.4 Å². The molecule has 2 aromatic heterocycles. The number of hydrogen-bond donors (Lipinski definition) is 0. The summed E-state index contributed by atoms with van der Waals surface area (Å²) in [4.78, 5) is 16.5. The minimum atomic E-state index is -4.67. The average molecular weight is 471 g/mol. The summed E-state index contributed by atoms with van der Waals surface area (Å²) in [5, 5.41) is 8.74. The summed E-state index contributed by atoms with van der Waals surface area (Å²) in [7, 11) is -3.32. The molecular weight excluding hydrogens is 457 g/mol. The van der Waals surface area contributed by atoms with Crippen molar-refractivity contribution in [1.29, 1.82) is 5.26 Å². The van der Waals surface area contributed by atoms with Gasteiger partial charge in [-0.2, -0.15) is 18.4 Å². The van der Waals surface area contributed by atoms with Crippen molar-refractivity contribution >= 4 is 33.2 Å². The molecule has 3 rings (SSSR count). The van der Waals surface area contributed by atoms with Gasteiger partial charge < -0.3 is 4.40 Å². The number of aromatic nitrogens is 2. The summed E-state index contributed by atoms with van der Waals surface area (Å²) in [6.07, 6.45) is -2.99. The monoisotopic (exact) mass is 470 g/mol. The van der Waals surface area contributed by atoms with Gasteiger partial charge in [0.05, 0.1) is 27.1 Å². The zero-order valence-corrected chi connectivity index (χ0v) is 17.9. The Balaban J connectivity index is 2.05. The number of sulfonamides is 1. The van der Waals surface area contributed by atoms with Crippen LogP contribution in [0.5, 0.6) is 0 Å². The van der Waals surface area contributed by atoms with Crippen LogP contribution in [0.15, 0.2) is 35.5 Å². The Bertz CT molecular complexity index is 1370. The largest absolute Gasteiger partial charge is 0.417 e. The normalized spacial score (nSPS) is 12.1. The number of carbonyl (C=O) groups is 1. The highest BCUT2D eigenvalue weighted by Gasteiger charge is 2.33. The number of alkyl halides is 3. The summed E-state index contributed by atoms with van der Waals surface area (Å²) in [6.45, 7) is 3.04. The molecule has 31 heavy (non-hydrogen) atoms. The topological polar surface area (TPSA) is 95.5 Å². The van der Waals surface area contributed by atoms with Crippen LogP contribution in [0.4, 0.5) is 13.2 Å². The maximum Gasteiger partial charge on any atom is 0.417 e. The Morgan fingerprint density at radius 3 is 2.42 bits per heavy atom. The molecule has 0 fully saturated rings. The molecular formula is C19H14ClF3N4O3S. The number of fused-ring (bicyclic) bond motifs is 1. The number of carbonyl (C=O) groups excluding carboxylic acids is 1. The first kappa shape index (κ1) is 22.6. The second-order valence-electron chi connectivity index (χ2n) is 6.75. The lowest BCUT2D eigenvalue weighted by molar-refractivity contribution is -0.137. The van der Waals surface area contributed by atoms with Crippen molar-refractivity contribution in [1.82, 2.24) is 13.7 Å². The minimum absolute atomic E-state index is 0.130. The van der Waals surface area contributed by atoms with Crippen LogP contribution in [0.3, 0.4) is 0 Å². The van der Waals surface area contributed by atoms with E-state index in [1.807, 2.05) is 6.07 Å². The van der Waals surface area contributed by atoms with Crippen LogP contribution >= 0.6 is 11.6 Å². The summed E-state index contributed by atoms with van der Waals surface area (Å²) >= 11 is 5.87. The van der Waals surface area contributed by atoms with E-state index in [2.05, 4.69) is 4.98 Å². The highest BCUT2D eigenvalue weighted by atomic mass is 35.5. The maximum absolute atomic E-state index is 13.0. The number of pyridine rings is 1. The van der Waals surface area contributed by atoms with Gasteiger partial charge in [-0.05, 0) is 43.2 Å². The number of rotatable bonds is 3. The van der Waals surface area contributed by atoms with E-state index in [4.69, 9.17) is 16.9 Å². The lowest BCUT2D eigenvalue weighted by atomic mass is 10.1. The number of imidazole rings is 1. The molecule has 0 radical (unpaired) electrons. The number of amides is 1. The van der Waals surface area contributed by atoms with E-state index in [0.29, 0.717) is 27.7 Å². The third-order valence-corrected chi connectivity index (χ3v) is 6.78. The molecule has 3 aromatic rings. The third kappa shape index (κ3) is 3.96. The van der Waals surface area contributed by atoms with E-state index < -0.39 is 33.4 Å². The summed E-state index contributed by atoms with van der Waals surface area (Å²) < 4.78 is 66.3. The van der Waals surface area contributed by atoms with Crippen molar-refractivity contribution in [3.05, 3.63) is 63.6 Å². The number of halogens is 4. The van der Waals surface area contributed by atoms with Gasteiger partial charge in [-0.15, -0.1) is 0 Å². The second kappa shape index (κ2) is 7.55. The first-order valence-corrected chi connectivity index (χ1v) is 10.4. The number of aryl methyl sites for hydroxylation is 2. The fraction of sp³-hybridized carbons (Fsp3) is 0.211. The Morgan fingerprint density at radius 2 is 1.84 bits per heavy atom. The Hall–Kier alpha value is -3.10. The number of benzene rings is 1. The summed E-state index contributed by atoms with van der Waals surface area (Å²) in [5.41, 5.74) is -0.627. The van der Waals surface area contributed by atoms with Crippen molar-refractivity contribution in [3.63, 3.8) is 0 Å². The molecule has 1 aromatic carbocycles. The molecule has 0 bridgehead atoms. The van der Waals surface area contributed by atoms with Gasteiger partial charge in [0.2, 0.25) is 0 Å². The van der Waals surface area contributed by atoms with Crippen molar-refractivity contribution in [3.8, 4) is 6.07 Å². The number of nitrogens with zero attached hydrogens (tertiary/aromatic N) is 4. The Labute approximate surface area is 180 Å². The van der Waals surface area contributed by atoms with Crippen LogP contribution < -0.4 is 0 Å². The van der Waals surface area contributed by atoms with Crippen molar-refractivity contribution in [2.45, 2.75) is 24.9 Å². The summed E-state index contributed by atoms with van der Waals surface area (Å²) in [5.74, 6) is -1.06. The van der Waals surface area contributed by atoms with Gasteiger partial charge in [-0.25, -0.2) is 17.7 Å². The van der Waals surface area contributed by atoms with Gasteiger partial charge in [0.15, 0.2) is 5.65 Å². The molecule has 12 heteroatoms. The SMILES string of the molecule is Cc1cc(S(=O)(=O)N(C)C(=O)c2cn3cc(C(F)(F)F)cc(Cl)c3n2)c(C)cc1C#N. The van der Waals surface area contributed by atoms with Gasteiger partial charge in [0, 0.05) is 19.4 Å². The van der Waals surface area contributed by atoms with Crippen LogP contribution in [0.1, 0.15) is 32.7 Å². The zero-order chi connectivity index (χ0) is 23.3. The van der Waals surface area contributed by atoms with Gasteiger partial charge in [-0.1, -0.05) is 11.6 Å². The molecule has 0 spiro atoms. The highest BCUT2D eigenvalue weighted by molar-refractivity contribution is 7.89. The van der Waals surface area contributed by atoms with Crippen LogP contribution in [0, 0.1) is 25.2 Å². The number of nitriles is 1. The highest BCUT2D eigenvalue weighted by Crippen LogP contribution is 2.32. The predicted octanol–water partition coefficient (Wildman–Crippen LogP) is 3.96. The van der Waals surface area contributed by atoms with Crippen LogP contribution in [0.25, 0.3) is 5.65 Å². The fourth-order valence-corrected chi connectivity index (χ4v) is 4.58. The molecule has 0 saturated carbocycles. The van der Waals surface area contributed by atoms with Gasteiger partial charge in [0.25, 0.3) is 15.9 Å². The summed E-state index contributed by atoms with van der Waals surface area (Å²) in [6, 6.07) is 5.29. The zero-order valence-electron chi connectivity index (χ0n) is 16.3. The first-order chi connectivity index (χ1) is 14.3. The third-order valence-electron chi connectivity index (χ3n) is 4.62. The Kier molecular flexibility index (Phi) is 5.50. The quantitative estimate of drug-likeness (QED) is 0.577. The molecule has 2 heterocycles. The van der Waals surface area contributed by atoms with E-state index >= 15 is 0 Å². The Morgan fingerprint density at radius 1 is 1.19 bits per heavy atom. The molecule has 0 N–H and O–H groups in total. The molecule has 7 nitrogen and oxygen atoms in total. The molecule has 0 unspecified atom stereocenters. The van der Waals surface area contributed by atoms with Crippen molar-refractivity contribution in [2.24, 2.45) is 0 Å². The van der Waals surface area contributed by atoms with E-state index in [1.165, 1.54) is 19.1 Å². The molecule has 0 aliphatic carbocycles. The molecule has 0 saturated heterocycles. The molecule has 162 valence electrons. The lowest BCUT2D eigenvalue weighted by Crippen LogP contribution is -2.34. The minimum Gasteiger partial charge on any atom is -0.304 e. The standard InChI is InChI=1S/C19H14ClF3N4O3S/c1-10-5-16(11(2)4-12(10)7-24)31(29,30)26(3)18(28)15-9-27-8-13(19(21,22)23)6-14(20)17(27)25-15/h4-6,8-9H,1-3H3. The fourth-order valence-electron chi connectivity index (χ4n) is 2.92. The second-order valence-corrected chi connectivity index (χ2v) is 9.10. The van der Waals surface area contributed by atoms with Crippen molar-refractivity contribution < 1.29 is 26.4 Å². The van der Waals surface area contributed by atoms with Gasteiger partial charge in [0.1, 0.15) is 5.69 Å². The van der Waals surface area contributed by atoms with Crippen LogP contribution in [-0.4, -0.2) is 35.1 Å². The molecule has 1 amide bonds. The predicted molar refractivity (Wildman–Crippen MR) is 105 cm³/mol. The van der Waals surface area contributed by atoms with Gasteiger partial charge in [-0.3, -0.25) is 4.79 Å². The van der Waals surface area contributed by atoms with E-state index in [0.717, 1.165) is 17.6 Å². The molecule has 0 aliphatic heterocycles. The smallest absolute Gasteiger partial charge is 0.304 e. The number of hydrogen-bond acceptors (Lipinski definition) is 5. The molecule has 0 aliphatic rings. The lowest BCUT2D eigenvalue weighted by Gasteiger charge is -2.18. The van der Waals surface area contributed by atoms with Crippen LogP contribution in [0.2, 0.25) is 5.02 Å². The maximum atomic E-state index is 13.0.